The highest BCUT2D eigenvalue weighted by Crippen LogP contribution is 2.33. The van der Waals surface area contributed by atoms with E-state index >= 15 is 0 Å². The van der Waals surface area contributed by atoms with E-state index in [1.54, 1.807) is 31.3 Å². The van der Waals surface area contributed by atoms with Crippen molar-refractivity contribution in [3.63, 3.8) is 0 Å². The Morgan fingerprint density at radius 1 is 1.38 bits per heavy atom. The number of pyridine rings is 1. The average molecular weight is 285 g/mol. The van der Waals surface area contributed by atoms with Gasteiger partial charge in [0.1, 0.15) is 5.82 Å². The summed E-state index contributed by atoms with van der Waals surface area (Å²) in [6.07, 6.45) is 3.03. The molecule has 3 rings (SSSR count). The van der Waals surface area contributed by atoms with Crippen molar-refractivity contribution in [3.8, 4) is 0 Å². The van der Waals surface area contributed by atoms with Crippen LogP contribution in [0.1, 0.15) is 16.1 Å². The first kappa shape index (κ1) is 13.1. The summed E-state index contributed by atoms with van der Waals surface area (Å²) in [5.41, 5.74) is 7.09. The predicted octanol–water partition coefficient (Wildman–Crippen LogP) is 3.12. The lowest BCUT2D eigenvalue weighted by molar-refractivity contribution is 0.0977. The molecule has 0 aliphatic carbocycles. The highest BCUT2D eigenvalue weighted by molar-refractivity contribution is 6.06. The van der Waals surface area contributed by atoms with Gasteiger partial charge in [0.05, 0.1) is 17.6 Å². The van der Waals surface area contributed by atoms with Crippen LogP contribution in [0.2, 0.25) is 0 Å². The fourth-order valence-corrected chi connectivity index (χ4v) is 2.10. The number of nitrogens with zero attached hydrogens (tertiary/aromatic N) is 1. The smallest absolute Gasteiger partial charge is 0.286 e. The highest BCUT2D eigenvalue weighted by atomic mass is 19.1. The Balaban J connectivity index is 2.14. The Labute approximate surface area is 119 Å². The molecule has 0 saturated carbocycles. The van der Waals surface area contributed by atoms with Crippen molar-refractivity contribution in [2.45, 2.75) is 6.92 Å². The van der Waals surface area contributed by atoms with Gasteiger partial charge in [0.25, 0.3) is 5.91 Å². The third kappa shape index (κ3) is 2.31. The normalized spacial score (nSPS) is 10.8. The maximum absolute atomic E-state index is 14.0. The number of furan rings is 1. The molecule has 0 aliphatic rings. The number of hydrogen-bond donors (Lipinski definition) is 2. The summed E-state index contributed by atoms with van der Waals surface area (Å²) in [4.78, 5) is 15.4. The van der Waals surface area contributed by atoms with Gasteiger partial charge in [-0.25, -0.2) is 4.39 Å². The molecular formula is C15H12FN3O2. The maximum Gasteiger partial charge on any atom is 0.286 e. The monoisotopic (exact) mass is 285 g/mol. The second-order valence-electron chi connectivity index (χ2n) is 4.65. The minimum atomic E-state index is -0.735. The predicted molar refractivity (Wildman–Crippen MR) is 76.9 cm³/mol. The summed E-state index contributed by atoms with van der Waals surface area (Å²) in [6.45, 7) is 1.79. The van der Waals surface area contributed by atoms with Gasteiger partial charge in [0, 0.05) is 11.6 Å². The van der Waals surface area contributed by atoms with E-state index in [2.05, 4.69) is 10.3 Å². The summed E-state index contributed by atoms with van der Waals surface area (Å²) < 4.78 is 19.3. The molecule has 5 nitrogen and oxygen atoms in total. The topological polar surface area (TPSA) is 81.1 Å². The molecule has 2 heterocycles. The lowest BCUT2D eigenvalue weighted by Gasteiger charge is -2.07. The zero-order valence-electron chi connectivity index (χ0n) is 11.2. The molecule has 21 heavy (non-hydrogen) atoms. The Morgan fingerprint density at radius 2 is 2.19 bits per heavy atom. The number of nitrogens with one attached hydrogen (secondary N) is 1. The van der Waals surface area contributed by atoms with Crippen LogP contribution in [0.15, 0.2) is 41.1 Å². The number of anilines is 2. The van der Waals surface area contributed by atoms with Gasteiger partial charge in [-0.05, 0) is 30.7 Å². The molecule has 6 heteroatoms. The number of amides is 1. The third-order valence-electron chi connectivity index (χ3n) is 3.10. The van der Waals surface area contributed by atoms with Crippen molar-refractivity contribution in [1.29, 1.82) is 0 Å². The number of primary amides is 1. The molecule has 0 radical (unpaired) electrons. The molecule has 0 aliphatic heterocycles. The molecule has 0 atom stereocenters. The van der Waals surface area contributed by atoms with E-state index < -0.39 is 11.7 Å². The van der Waals surface area contributed by atoms with Crippen LogP contribution in [0.25, 0.3) is 11.0 Å². The molecular weight excluding hydrogens is 273 g/mol. The molecule has 0 bridgehead atoms. The van der Waals surface area contributed by atoms with Gasteiger partial charge in [-0.15, -0.1) is 0 Å². The van der Waals surface area contributed by atoms with Crippen LogP contribution in [0, 0.1) is 12.7 Å². The van der Waals surface area contributed by atoms with E-state index in [1.807, 2.05) is 0 Å². The maximum atomic E-state index is 14.0. The van der Waals surface area contributed by atoms with Gasteiger partial charge in [-0.1, -0.05) is 6.07 Å². The molecule has 3 N–H and O–H groups in total. The van der Waals surface area contributed by atoms with Crippen LogP contribution in [0.5, 0.6) is 0 Å². The van der Waals surface area contributed by atoms with Crippen LogP contribution < -0.4 is 11.1 Å². The third-order valence-corrected chi connectivity index (χ3v) is 3.10. The number of halogens is 1. The van der Waals surface area contributed by atoms with E-state index in [0.29, 0.717) is 16.7 Å². The van der Waals surface area contributed by atoms with Gasteiger partial charge in [-0.3, -0.25) is 9.78 Å². The van der Waals surface area contributed by atoms with Crippen LogP contribution >= 0.6 is 0 Å². The highest BCUT2D eigenvalue weighted by Gasteiger charge is 2.19. The van der Waals surface area contributed by atoms with E-state index in [9.17, 15) is 9.18 Å². The van der Waals surface area contributed by atoms with E-state index in [1.165, 1.54) is 12.3 Å². The Morgan fingerprint density at radius 3 is 2.90 bits per heavy atom. The van der Waals surface area contributed by atoms with Crippen LogP contribution in [0.4, 0.5) is 15.8 Å². The molecule has 1 aromatic carbocycles. The molecule has 0 fully saturated rings. The minimum Gasteiger partial charge on any atom is -0.447 e. The van der Waals surface area contributed by atoms with Crippen molar-refractivity contribution in [2.75, 3.05) is 5.32 Å². The van der Waals surface area contributed by atoms with Gasteiger partial charge in [0.15, 0.2) is 5.58 Å². The quantitative estimate of drug-likeness (QED) is 0.774. The number of carbonyl (C=O) groups excluding carboxylic acids is 1. The summed E-state index contributed by atoms with van der Waals surface area (Å²) in [5, 5.41) is 3.48. The summed E-state index contributed by atoms with van der Waals surface area (Å²) in [7, 11) is 0. The van der Waals surface area contributed by atoms with Gasteiger partial charge < -0.3 is 15.5 Å². The van der Waals surface area contributed by atoms with Crippen molar-refractivity contribution in [2.24, 2.45) is 5.73 Å². The molecule has 2 aromatic heterocycles. The average Bonchev–Trinajstić information content (AvgIpc) is 2.81. The second-order valence-corrected chi connectivity index (χ2v) is 4.65. The Bertz CT molecular complexity index is 842. The van der Waals surface area contributed by atoms with E-state index in [4.69, 9.17) is 10.2 Å². The number of fused-ring (bicyclic) bond motifs is 1. The number of rotatable bonds is 3. The first-order valence-corrected chi connectivity index (χ1v) is 6.26. The number of aromatic nitrogens is 1. The largest absolute Gasteiger partial charge is 0.447 e. The van der Waals surface area contributed by atoms with Crippen LogP contribution in [-0.2, 0) is 0 Å². The SMILES string of the molecule is Cc1ccc(Nc2c(C(N)=O)oc3cnccc23)c(F)c1. The van der Waals surface area contributed by atoms with Gasteiger partial charge in [-0.2, -0.15) is 0 Å². The van der Waals surface area contributed by atoms with Crippen molar-refractivity contribution in [1.82, 2.24) is 4.98 Å². The van der Waals surface area contributed by atoms with Crippen LogP contribution in [-0.4, -0.2) is 10.9 Å². The number of hydrogen-bond acceptors (Lipinski definition) is 4. The summed E-state index contributed by atoms with van der Waals surface area (Å²) in [6, 6.07) is 6.42. The second kappa shape index (κ2) is 4.90. The zero-order chi connectivity index (χ0) is 15.0. The molecule has 3 aromatic rings. The first-order valence-electron chi connectivity index (χ1n) is 6.26. The fourth-order valence-electron chi connectivity index (χ4n) is 2.10. The van der Waals surface area contributed by atoms with Gasteiger partial charge in [0.2, 0.25) is 5.76 Å². The molecule has 1 amide bonds. The number of nitrogens with two attached hydrogens (primary N) is 1. The minimum absolute atomic E-state index is 0.0574. The van der Waals surface area contributed by atoms with Crippen molar-refractivity contribution in [3.05, 3.63) is 53.8 Å². The summed E-state index contributed by atoms with van der Waals surface area (Å²) >= 11 is 0. The molecule has 0 unspecified atom stereocenters. The van der Waals surface area contributed by atoms with Crippen LogP contribution in [0.3, 0.4) is 0 Å². The number of aryl methyl sites for hydroxylation is 1. The Kier molecular flexibility index (Phi) is 3.06. The number of carbonyl (C=O) groups is 1. The van der Waals surface area contributed by atoms with E-state index in [-0.39, 0.29) is 11.4 Å². The van der Waals surface area contributed by atoms with Crippen molar-refractivity contribution < 1.29 is 13.6 Å². The molecule has 0 saturated heterocycles. The number of benzene rings is 1. The molecule has 106 valence electrons. The zero-order valence-corrected chi connectivity index (χ0v) is 11.2. The van der Waals surface area contributed by atoms with E-state index in [0.717, 1.165) is 5.56 Å². The lowest BCUT2D eigenvalue weighted by Crippen LogP contribution is -2.11. The van der Waals surface area contributed by atoms with Gasteiger partial charge >= 0.3 is 0 Å². The molecule has 0 spiro atoms. The van der Waals surface area contributed by atoms with Crippen molar-refractivity contribution >= 4 is 28.3 Å². The lowest BCUT2D eigenvalue weighted by atomic mass is 10.2. The standard InChI is InChI=1S/C15H12FN3O2/c1-8-2-3-11(10(16)6-8)19-13-9-4-5-18-7-12(9)21-14(13)15(17)20/h2-7,19H,1H3,(H2,17,20). The first-order chi connectivity index (χ1) is 10.1. The Hall–Kier alpha value is -2.89. The fraction of sp³-hybridized carbons (Fsp3) is 0.0667. The summed E-state index contributed by atoms with van der Waals surface area (Å²) in [5.74, 6) is -1.21.